The van der Waals surface area contributed by atoms with Crippen LogP contribution in [0.4, 0.5) is 0 Å². The first kappa shape index (κ1) is 22.5. The highest BCUT2D eigenvalue weighted by molar-refractivity contribution is 9.10. The lowest BCUT2D eigenvalue weighted by Gasteiger charge is -2.30. The number of amides is 2. The first-order valence-corrected chi connectivity index (χ1v) is 12.4. The molecule has 1 aliphatic heterocycles. The molecule has 3 rings (SSSR count). The van der Waals surface area contributed by atoms with E-state index in [9.17, 15) is 9.59 Å². The average Bonchev–Trinajstić information content (AvgIpc) is 3.02. The van der Waals surface area contributed by atoms with Crippen LogP contribution in [0.5, 0.6) is 0 Å². The van der Waals surface area contributed by atoms with Crippen molar-refractivity contribution < 1.29 is 14.3 Å². The molecule has 6 nitrogen and oxygen atoms in total. The Morgan fingerprint density at radius 3 is 2.97 bits per heavy atom. The summed E-state index contributed by atoms with van der Waals surface area (Å²) >= 11 is 6.32. The lowest BCUT2D eigenvalue weighted by molar-refractivity contribution is -0.130. The Kier molecular flexibility index (Phi) is 8.35. The zero-order valence-corrected chi connectivity index (χ0v) is 19.9. The second-order valence-electron chi connectivity index (χ2n) is 7.23. The summed E-state index contributed by atoms with van der Waals surface area (Å²) in [5.41, 5.74) is 1.03. The van der Waals surface area contributed by atoms with E-state index in [1.54, 1.807) is 7.11 Å². The lowest BCUT2D eigenvalue weighted by Crippen LogP contribution is -2.40. The minimum Gasteiger partial charge on any atom is -0.383 e. The monoisotopic (exact) mass is 499 g/mol. The van der Waals surface area contributed by atoms with Crippen LogP contribution in [0.2, 0.25) is 0 Å². The van der Waals surface area contributed by atoms with Gasteiger partial charge in [0, 0.05) is 31.2 Å². The van der Waals surface area contributed by atoms with Gasteiger partial charge in [0.05, 0.1) is 28.3 Å². The van der Waals surface area contributed by atoms with Gasteiger partial charge in [-0.2, -0.15) is 4.99 Å². The Labute approximate surface area is 187 Å². The zero-order valence-electron chi connectivity index (χ0n) is 16.7. The molecule has 1 atom stereocenters. The summed E-state index contributed by atoms with van der Waals surface area (Å²) in [5, 5.41) is 0. The molecule has 1 aliphatic rings. The number of piperidine rings is 1. The Hall–Kier alpha value is -1.16. The Balaban J connectivity index is 1.65. The van der Waals surface area contributed by atoms with Crippen molar-refractivity contribution in [3.05, 3.63) is 27.5 Å². The lowest BCUT2D eigenvalue weighted by atomic mass is 10.0. The number of nitrogens with zero attached hydrogens (tertiary/aromatic N) is 3. The second-order valence-corrected chi connectivity index (χ2v) is 10.1. The summed E-state index contributed by atoms with van der Waals surface area (Å²) in [5.74, 6) is 1.00. The van der Waals surface area contributed by atoms with Gasteiger partial charge in [-0.05, 0) is 37.0 Å². The highest BCUT2D eigenvalue weighted by Gasteiger charge is 2.20. The number of carbonyl (C=O) groups excluding carboxylic acids is 2. The van der Waals surface area contributed by atoms with Gasteiger partial charge in [-0.15, -0.1) is 11.8 Å². The van der Waals surface area contributed by atoms with Gasteiger partial charge >= 0.3 is 0 Å². The van der Waals surface area contributed by atoms with Crippen LogP contribution in [0.25, 0.3) is 10.2 Å². The molecule has 0 spiro atoms. The number of ether oxygens (including phenoxy) is 1. The molecule has 1 saturated heterocycles. The summed E-state index contributed by atoms with van der Waals surface area (Å²) < 4.78 is 9.27. The van der Waals surface area contributed by atoms with Gasteiger partial charge in [0.2, 0.25) is 5.91 Å². The standard InChI is InChI=1S/C20H26BrN3O3S2/c1-14-4-3-7-23(11-14)19(26)13-28-12-18(25)22-20-24(8-9-27-2)16-6-5-15(21)10-17(16)29-20/h5-6,10,14H,3-4,7-9,11-13H2,1-2H3. The largest absolute Gasteiger partial charge is 0.383 e. The fourth-order valence-electron chi connectivity index (χ4n) is 3.40. The van der Waals surface area contributed by atoms with Crippen LogP contribution in [-0.2, 0) is 20.9 Å². The van der Waals surface area contributed by atoms with Gasteiger partial charge in [0.25, 0.3) is 5.91 Å². The van der Waals surface area contributed by atoms with Crippen molar-refractivity contribution in [1.29, 1.82) is 0 Å². The Morgan fingerprint density at radius 2 is 2.21 bits per heavy atom. The second kappa shape index (κ2) is 10.7. The zero-order chi connectivity index (χ0) is 20.8. The molecular weight excluding hydrogens is 474 g/mol. The summed E-state index contributed by atoms with van der Waals surface area (Å²) in [7, 11) is 1.66. The Bertz CT molecular complexity index is 941. The number of hydrogen-bond donors (Lipinski definition) is 0. The quantitative estimate of drug-likeness (QED) is 0.584. The molecular formula is C20H26BrN3O3S2. The SMILES string of the molecule is COCCn1c(=NC(=O)CSCC(=O)N2CCCC(C)C2)sc2cc(Br)ccc21. The van der Waals surface area contributed by atoms with Gasteiger partial charge in [0.15, 0.2) is 4.80 Å². The predicted octanol–water partition coefficient (Wildman–Crippen LogP) is 3.53. The van der Waals surface area contributed by atoms with Crippen LogP contribution in [0.15, 0.2) is 27.7 Å². The van der Waals surface area contributed by atoms with Gasteiger partial charge < -0.3 is 14.2 Å². The molecule has 29 heavy (non-hydrogen) atoms. The topological polar surface area (TPSA) is 63.9 Å². The van der Waals surface area contributed by atoms with Crippen molar-refractivity contribution in [2.24, 2.45) is 10.9 Å². The van der Waals surface area contributed by atoms with Gasteiger partial charge in [-0.25, -0.2) is 0 Å². The molecule has 158 valence electrons. The number of thiazole rings is 1. The van der Waals surface area contributed by atoms with Crippen molar-refractivity contribution >= 4 is 61.1 Å². The third-order valence-electron chi connectivity index (χ3n) is 4.84. The molecule has 9 heteroatoms. The summed E-state index contributed by atoms with van der Waals surface area (Å²) in [6.07, 6.45) is 2.25. The van der Waals surface area contributed by atoms with Gasteiger partial charge in [0.1, 0.15) is 0 Å². The number of halogens is 1. The van der Waals surface area contributed by atoms with Crippen molar-refractivity contribution in [2.45, 2.75) is 26.3 Å². The number of hydrogen-bond acceptors (Lipinski definition) is 5. The van der Waals surface area contributed by atoms with Crippen molar-refractivity contribution in [2.75, 3.05) is 38.3 Å². The number of benzene rings is 1. The van der Waals surface area contributed by atoms with E-state index in [0.29, 0.717) is 29.6 Å². The van der Waals surface area contributed by atoms with Gasteiger partial charge in [-0.3, -0.25) is 9.59 Å². The third-order valence-corrected chi connectivity index (χ3v) is 7.28. The molecule has 1 fully saturated rings. The molecule has 0 N–H and O–H groups in total. The minimum absolute atomic E-state index is 0.122. The number of likely N-dealkylation sites (tertiary alicyclic amines) is 1. The maximum Gasteiger partial charge on any atom is 0.258 e. The van der Waals surface area contributed by atoms with Crippen LogP contribution in [-0.4, -0.2) is 59.6 Å². The van der Waals surface area contributed by atoms with E-state index in [1.165, 1.54) is 29.5 Å². The molecule has 1 aromatic heterocycles. The number of carbonyl (C=O) groups is 2. The molecule has 0 aliphatic carbocycles. The minimum atomic E-state index is -0.216. The fraction of sp³-hybridized carbons (Fsp3) is 0.550. The molecule has 0 saturated carbocycles. The average molecular weight is 500 g/mol. The van der Waals surface area contributed by atoms with Crippen molar-refractivity contribution in [3.63, 3.8) is 0 Å². The van der Waals surface area contributed by atoms with Crippen molar-refractivity contribution in [3.8, 4) is 0 Å². The van der Waals surface area contributed by atoms with Crippen molar-refractivity contribution in [1.82, 2.24) is 9.47 Å². The molecule has 1 aromatic carbocycles. The van der Waals surface area contributed by atoms with Crippen LogP contribution in [0.3, 0.4) is 0 Å². The van der Waals surface area contributed by atoms with E-state index in [2.05, 4.69) is 27.8 Å². The Morgan fingerprint density at radius 1 is 1.38 bits per heavy atom. The van der Waals surface area contributed by atoms with E-state index in [1.807, 2.05) is 27.7 Å². The molecule has 2 amide bonds. The summed E-state index contributed by atoms with van der Waals surface area (Å²) in [4.78, 5) is 31.7. The molecule has 1 unspecified atom stereocenters. The predicted molar refractivity (Wildman–Crippen MR) is 122 cm³/mol. The van der Waals surface area contributed by atoms with Crippen LogP contribution in [0.1, 0.15) is 19.8 Å². The van der Waals surface area contributed by atoms with Crippen LogP contribution >= 0.6 is 39.0 Å². The maximum absolute atomic E-state index is 12.4. The van der Waals surface area contributed by atoms with E-state index < -0.39 is 0 Å². The number of aromatic nitrogens is 1. The van der Waals surface area contributed by atoms with Crippen LogP contribution in [0, 0.1) is 5.92 Å². The van der Waals surface area contributed by atoms with Crippen LogP contribution < -0.4 is 4.80 Å². The number of thioether (sulfide) groups is 1. The number of methoxy groups -OCH3 is 1. The highest BCUT2D eigenvalue weighted by atomic mass is 79.9. The molecule has 2 heterocycles. The smallest absolute Gasteiger partial charge is 0.258 e. The molecule has 2 aromatic rings. The summed E-state index contributed by atoms with van der Waals surface area (Å²) in [6.45, 7) is 5.01. The number of rotatable bonds is 7. The van der Waals surface area contributed by atoms with E-state index in [4.69, 9.17) is 4.74 Å². The molecule has 0 bridgehead atoms. The van der Waals surface area contributed by atoms with E-state index in [-0.39, 0.29) is 17.6 Å². The summed E-state index contributed by atoms with van der Waals surface area (Å²) in [6, 6.07) is 6.02. The number of fused-ring (bicyclic) bond motifs is 1. The van der Waals surface area contributed by atoms with Gasteiger partial charge in [-0.1, -0.05) is 34.2 Å². The first-order chi connectivity index (χ1) is 14.0. The first-order valence-electron chi connectivity index (χ1n) is 9.69. The maximum atomic E-state index is 12.4. The third kappa shape index (κ3) is 6.16. The fourth-order valence-corrected chi connectivity index (χ4v) is 5.73. The van der Waals surface area contributed by atoms with E-state index in [0.717, 1.165) is 34.2 Å². The highest BCUT2D eigenvalue weighted by Crippen LogP contribution is 2.22. The molecule has 0 radical (unpaired) electrons. The normalized spacial score (nSPS) is 17.8. The van der Waals surface area contributed by atoms with E-state index >= 15 is 0 Å².